The van der Waals surface area contributed by atoms with E-state index < -0.39 is 15.8 Å². The van der Waals surface area contributed by atoms with Gasteiger partial charge in [0.25, 0.3) is 11.4 Å². The number of carboxylic acid groups (broad SMARTS) is 1. The van der Waals surface area contributed by atoms with E-state index >= 15 is 0 Å². The van der Waals surface area contributed by atoms with Gasteiger partial charge in [-0.1, -0.05) is 0 Å². The van der Waals surface area contributed by atoms with Crippen molar-refractivity contribution in [3.8, 4) is 0 Å². The number of unbranched alkanes of at least 4 members (excludes halogenated alkanes) is 1. The SMILES string of the molecule is O=C(O)CCCCC(=O)OCCOCCOCCOCCOCCOCCOCCOCCOCCOCCOCCOCCNc1ccc([N+](=O)[O-])cc1[N+](=O)[O-]. The predicted octanol–water partition coefficient (Wildman–Crippen LogP) is 2.29. The Labute approximate surface area is 338 Å². The molecule has 22 heteroatoms. The van der Waals surface area contributed by atoms with Crippen LogP contribution < -0.4 is 5.32 Å². The average Bonchev–Trinajstić information content (AvgIpc) is 3.20. The summed E-state index contributed by atoms with van der Waals surface area (Å²) < 4.78 is 64.8. The molecule has 0 unspecified atom stereocenters. The fourth-order valence-corrected chi connectivity index (χ4v) is 4.33. The molecule has 0 atom stereocenters. The highest BCUT2D eigenvalue weighted by molar-refractivity contribution is 5.69. The van der Waals surface area contributed by atoms with E-state index in [9.17, 15) is 29.8 Å². The number of carboxylic acids is 1. The molecule has 0 radical (unpaired) electrons. The number of hydrogen-bond donors (Lipinski definition) is 2. The third-order valence-corrected chi connectivity index (χ3v) is 7.18. The van der Waals surface area contributed by atoms with Gasteiger partial charge in [-0.15, -0.1) is 0 Å². The molecule has 22 nitrogen and oxygen atoms in total. The normalized spacial score (nSPS) is 11.2. The Bertz CT molecular complexity index is 1200. The molecule has 1 aromatic rings. The van der Waals surface area contributed by atoms with Gasteiger partial charge in [-0.25, -0.2) is 0 Å². The van der Waals surface area contributed by atoms with Crippen LogP contribution in [0, 0.1) is 20.2 Å². The second kappa shape index (κ2) is 38.8. The van der Waals surface area contributed by atoms with Gasteiger partial charge in [-0.3, -0.25) is 29.8 Å². The van der Waals surface area contributed by atoms with Crippen LogP contribution in [0.3, 0.4) is 0 Å². The molecule has 0 aliphatic heterocycles. The number of anilines is 1. The Hall–Kier alpha value is -3.68. The maximum Gasteiger partial charge on any atom is 0.305 e. The van der Waals surface area contributed by atoms with Crippen molar-refractivity contribution in [2.75, 3.05) is 164 Å². The molecule has 0 bridgehead atoms. The molecule has 0 spiro atoms. The highest BCUT2D eigenvalue weighted by Gasteiger charge is 2.19. The molecular weight excluding hydrogens is 778 g/mol. The Morgan fingerprint density at radius 2 is 0.845 bits per heavy atom. The minimum Gasteiger partial charge on any atom is -0.481 e. The van der Waals surface area contributed by atoms with E-state index in [1.165, 1.54) is 12.1 Å². The molecule has 0 heterocycles. The van der Waals surface area contributed by atoms with Crippen LogP contribution in [-0.2, 0) is 66.4 Å². The number of nitrogens with zero attached hydrogens (tertiary/aromatic N) is 2. The Morgan fingerprint density at radius 1 is 0.500 bits per heavy atom. The summed E-state index contributed by atoms with van der Waals surface area (Å²) in [6, 6.07) is 3.41. The third-order valence-electron chi connectivity index (χ3n) is 7.18. The molecule has 2 N–H and O–H groups in total. The summed E-state index contributed by atoms with van der Waals surface area (Å²) in [5.41, 5.74) is -0.549. The smallest absolute Gasteiger partial charge is 0.305 e. The predicted molar refractivity (Wildman–Crippen MR) is 204 cm³/mol. The van der Waals surface area contributed by atoms with Crippen molar-refractivity contribution in [1.82, 2.24) is 0 Å². The van der Waals surface area contributed by atoms with Crippen molar-refractivity contribution >= 4 is 29.0 Å². The topological polar surface area (TPSA) is 263 Å². The molecule has 1 aromatic carbocycles. The lowest BCUT2D eigenvalue weighted by molar-refractivity contribution is -0.393. The van der Waals surface area contributed by atoms with Crippen molar-refractivity contribution in [2.45, 2.75) is 25.7 Å². The number of carbonyl (C=O) groups is 2. The van der Waals surface area contributed by atoms with Gasteiger partial charge in [0.15, 0.2) is 0 Å². The molecule has 0 aliphatic rings. The van der Waals surface area contributed by atoms with E-state index in [1.807, 2.05) is 0 Å². The van der Waals surface area contributed by atoms with E-state index in [0.29, 0.717) is 145 Å². The zero-order valence-corrected chi connectivity index (χ0v) is 33.2. The molecule has 0 saturated carbocycles. The summed E-state index contributed by atoms with van der Waals surface area (Å²) >= 11 is 0. The van der Waals surface area contributed by atoms with E-state index in [1.54, 1.807) is 0 Å². The third kappa shape index (κ3) is 33.3. The molecule has 1 rings (SSSR count). The number of rotatable bonds is 44. The zero-order valence-electron chi connectivity index (χ0n) is 33.2. The number of ether oxygens (including phenoxy) is 12. The molecule has 58 heavy (non-hydrogen) atoms. The molecule has 334 valence electrons. The van der Waals surface area contributed by atoms with Crippen molar-refractivity contribution in [3.05, 3.63) is 38.4 Å². The number of nitrogens with one attached hydrogen (secondary N) is 1. The van der Waals surface area contributed by atoms with Gasteiger partial charge in [0.2, 0.25) is 0 Å². The first-order valence-corrected chi connectivity index (χ1v) is 19.2. The number of hydrogen-bond acceptors (Lipinski definition) is 19. The Balaban J connectivity index is 1.70. The van der Waals surface area contributed by atoms with Gasteiger partial charge in [0.05, 0.1) is 161 Å². The molecule has 0 saturated heterocycles. The van der Waals surface area contributed by atoms with E-state index in [-0.39, 0.29) is 62.2 Å². The number of nitro benzene ring substituents is 2. The highest BCUT2D eigenvalue weighted by atomic mass is 16.6. The lowest BCUT2D eigenvalue weighted by Crippen LogP contribution is -2.16. The summed E-state index contributed by atoms with van der Waals surface area (Å²) in [7, 11) is 0. The lowest BCUT2D eigenvalue weighted by atomic mass is 10.2. The number of esters is 1. The molecule has 0 fully saturated rings. The number of nitro groups is 2. The largest absolute Gasteiger partial charge is 0.481 e. The highest BCUT2D eigenvalue weighted by Crippen LogP contribution is 2.28. The summed E-state index contributed by atoms with van der Waals surface area (Å²) in [5.74, 6) is -1.23. The molecule has 0 aliphatic carbocycles. The van der Waals surface area contributed by atoms with Crippen LogP contribution in [0.15, 0.2) is 18.2 Å². The Kier molecular flexibility index (Phi) is 35.0. The first-order chi connectivity index (χ1) is 28.3. The monoisotopic (exact) mass is 839 g/mol. The second-order valence-electron chi connectivity index (χ2n) is 11.7. The van der Waals surface area contributed by atoms with Crippen LogP contribution >= 0.6 is 0 Å². The first kappa shape index (κ1) is 52.3. The lowest BCUT2D eigenvalue weighted by Gasteiger charge is -2.09. The van der Waals surface area contributed by atoms with Crippen LogP contribution in [0.5, 0.6) is 0 Å². The number of benzene rings is 1. The summed E-state index contributed by atoms with van der Waals surface area (Å²) in [6.45, 7) is 9.35. The first-order valence-electron chi connectivity index (χ1n) is 19.2. The average molecular weight is 840 g/mol. The van der Waals surface area contributed by atoms with Gasteiger partial charge < -0.3 is 67.3 Å². The fourth-order valence-electron chi connectivity index (χ4n) is 4.33. The number of aliphatic carboxylic acids is 1. The Morgan fingerprint density at radius 3 is 1.19 bits per heavy atom. The van der Waals surface area contributed by atoms with Gasteiger partial charge in [-0.05, 0) is 18.9 Å². The maximum atomic E-state index is 11.5. The summed E-state index contributed by atoms with van der Waals surface area (Å²) in [4.78, 5) is 42.5. The van der Waals surface area contributed by atoms with Crippen molar-refractivity contribution in [3.63, 3.8) is 0 Å². The van der Waals surface area contributed by atoms with Crippen LogP contribution in [0.25, 0.3) is 0 Å². The van der Waals surface area contributed by atoms with Crippen LogP contribution in [0.4, 0.5) is 17.1 Å². The van der Waals surface area contributed by atoms with Crippen LogP contribution in [-0.4, -0.2) is 185 Å². The van der Waals surface area contributed by atoms with E-state index in [4.69, 9.17) is 61.9 Å². The van der Waals surface area contributed by atoms with Gasteiger partial charge in [0, 0.05) is 25.5 Å². The molecule has 0 amide bonds. The molecular formula is C36H61N3O19. The van der Waals surface area contributed by atoms with Crippen molar-refractivity contribution < 1.29 is 81.4 Å². The van der Waals surface area contributed by atoms with Gasteiger partial charge in [0.1, 0.15) is 12.3 Å². The van der Waals surface area contributed by atoms with E-state index in [0.717, 1.165) is 6.07 Å². The van der Waals surface area contributed by atoms with Crippen molar-refractivity contribution in [1.29, 1.82) is 0 Å². The van der Waals surface area contributed by atoms with Crippen molar-refractivity contribution in [2.24, 2.45) is 0 Å². The van der Waals surface area contributed by atoms with E-state index in [2.05, 4.69) is 5.32 Å². The summed E-state index contributed by atoms with van der Waals surface area (Å²) in [5, 5.41) is 33.4. The maximum absolute atomic E-state index is 11.5. The fraction of sp³-hybridized carbons (Fsp3) is 0.778. The number of non-ortho nitro benzene ring substituents is 1. The summed E-state index contributed by atoms with van der Waals surface area (Å²) in [6.07, 6.45) is 1.19. The van der Waals surface area contributed by atoms with Crippen LogP contribution in [0.2, 0.25) is 0 Å². The van der Waals surface area contributed by atoms with Gasteiger partial charge >= 0.3 is 11.9 Å². The molecule has 0 aromatic heterocycles. The van der Waals surface area contributed by atoms with Gasteiger partial charge in [-0.2, -0.15) is 0 Å². The standard InChI is InChI=1S/C36H61N3O19/c40-35(41)3-1-2-4-36(42)58-30-29-57-28-27-56-26-25-55-24-23-54-22-21-53-20-19-52-18-17-51-16-15-50-14-13-49-12-11-48-10-9-47-8-7-37-33-6-5-32(38(43)44)31-34(33)39(45)46/h5-6,31,37H,1-4,7-30H2,(H,40,41). The zero-order chi connectivity index (χ0) is 42.2. The minimum atomic E-state index is -0.873. The minimum absolute atomic E-state index is 0.0489. The second-order valence-corrected chi connectivity index (χ2v) is 11.7. The van der Waals surface area contributed by atoms with Crippen LogP contribution in [0.1, 0.15) is 25.7 Å². The number of carbonyl (C=O) groups excluding carboxylic acids is 1. The quantitative estimate of drug-likeness (QED) is 0.0413.